The Morgan fingerprint density at radius 2 is 1.87 bits per heavy atom. The minimum absolute atomic E-state index is 0.0758. The van der Waals surface area contributed by atoms with Crippen LogP contribution in [0.2, 0.25) is 0 Å². The van der Waals surface area contributed by atoms with Crippen molar-refractivity contribution in [3.05, 3.63) is 58.7 Å². The molecule has 2 heterocycles. The lowest BCUT2D eigenvalue weighted by atomic mass is 9.84. The number of aliphatic hydroxyl groups is 1. The molecule has 0 atom stereocenters. The SMILES string of the molecule is COc1c(C#N)cc(C(C)(C)C)cc1C(=O)Nc1cnc(C)c(-n2cc(C(=O)NCC(C)(C)CO)nn2)c1. The standard InChI is InChI=1S/C27H33N7O4/c1-16-22(34-13-21(32-33-34)25(37)30-14-27(5,6)15-35)10-19(12-29-16)31-24(36)20-9-18(26(2,3)4)8-17(11-28)23(20)38-7/h8-10,12-13,35H,14-15H2,1-7H3,(H,30,37)(H,31,36). The van der Waals surface area contributed by atoms with E-state index in [1.807, 2.05) is 34.6 Å². The van der Waals surface area contributed by atoms with Gasteiger partial charge in [0.05, 0.1) is 47.7 Å². The Kier molecular flexibility index (Phi) is 8.17. The number of carbonyl (C=O) groups excluding carboxylic acids is 2. The van der Waals surface area contributed by atoms with Crippen LogP contribution in [-0.2, 0) is 5.41 Å². The zero-order chi connectivity index (χ0) is 28.3. The summed E-state index contributed by atoms with van der Waals surface area (Å²) in [6.07, 6.45) is 2.97. The second-order valence-electron chi connectivity index (χ2n) is 10.8. The van der Waals surface area contributed by atoms with Crippen LogP contribution in [0.4, 0.5) is 5.69 Å². The predicted molar refractivity (Wildman–Crippen MR) is 141 cm³/mol. The molecule has 200 valence electrons. The topological polar surface area (TPSA) is 155 Å². The first-order valence-electron chi connectivity index (χ1n) is 12.0. The third kappa shape index (κ3) is 6.33. The molecule has 0 spiro atoms. The molecule has 1 aromatic carbocycles. The number of carbonyl (C=O) groups is 2. The third-order valence-corrected chi connectivity index (χ3v) is 5.97. The highest BCUT2D eigenvalue weighted by Gasteiger charge is 2.24. The molecule has 38 heavy (non-hydrogen) atoms. The number of hydrogen-bond donors (Lipinski definition) is 3. The van der Waals surface area contributed by atoms with Gasteiger partial charge >= 0.3 is 0 Å². The molecule has 0 aliphatic heterocycles. The summed E-state index contributed by atoms with van der Waals surface area (Å²) in [5.41, 5.74) is 2.13. The number of aliphatic hydroxyl groups excluding tert-OH is 1. The van der Waals surface area contributed by atoms with Gasteiger partial charge in [0.1, 0.15) is 11.8 Å². The van der Waals surface area contributed by atoms with Crippen LogP contribution in [0, 0.1) is 23.7 Å². The van der Waals surface area contributed by atoms with Gasteiger partial charge in [0.25, 0.3) is 11.8 Å². The maximum absolute atomic E-state index is 13.3. The minimum atomic E-state index is -0.470. The maximum atomic E-state index is 13.3. The van der Waals surface area contributed by atoms with Crippen molar-refractivity contribution < 1.29 is 19.4 Å². The number of benzene rings is 1. The van der Waals surface area contributed by atoms with E-state index in [0.29, 0.717) is 17.1 Å². The van der Waals surface area contributed by atoms with Gasteiger partial charge in [-0.05, 0) is 36.1 Å². The fourth-order valence-corrected chi connectivity index (χ4v) is 3.51. The number of pyridine rings is 1. The van der Waals surface area contributed by atoms with E-state index in [-0.39, 0.29) is 41.1 Å². The van der Waals surface area contributed by atoms with Gasteiger partial charge in [0, 0.05) is 18.6 Å². The molecule has 2 amide bonds. The summed E-state index contributed by atoms with van der Waals surface area (Å²) in [6, 6.07) is 7.22. The monoisotopic (exact) mass is 519 g/mol. The van der Waals surface area contributed by atoms with Crippen LogP contribution < -0.4 is 15.4 Å². The van der Waals surface area contributed by atoms with Crippen LogP contribution >= 0.6 is 0 Å². The molecule has 3 N–H and O–H groups in total. The molecular formula is C27H33N7O4. The number of aromatic nitrogens is 4. The molecule has 0 aliphatic carbocycles. The summed E-state index contributed by atoms with van der Waals surface area (Å²) in [5.74, 6) is -0.701. The molecular weight excluding hydrogens is 486 g/mol. The van der Waals surface area contributed by atoms with E-state index in [1.165, 1.54) is 24.2 Å². The highest BCUT2D eigenvalue weighted by atomic mass is 16.5. The molecule has 0 unspecified atom stereocenters. The molecule has 0 fully saturated rings. The molecule has 11 heteroatoms. The number of ether oxygens (including phenoxy) is 1. The molecule has 0 saturated carbocycles. The Bertz CT molecular complexity index is 1400. The number of hydrogen-bond acceptors (Lipinski definition) is 8. The van der Waals surface area contributed by atoms with Gasteiger partial charge in [-0.1, -0.05) is 39.8 Å². The van der Waals surface area contributed by atoms with Gasteiger partial charge in [-0.25, -0.2) is 4.68 Å². The summed E-state index contributed by atoms with van der Waals surface area (Å²) < 4.78 is 6.81. The first kappa shape index (κ1) is 28.3. The Balaban J connectivity index is 1.89. The van der Waals surface area contributed by atoms with Crippen molar-refractivity contribution >= 4 is 17.5 Å². The normalized spacial score (nSPS) is 11.6. The lowest BCUT2D eigenvalue weighted by Gasteiger charge is -2.22. The predicted octanol–water partition coefficient (Wildman–Crippen LogP) is 3.15. The van der Waals surface area contributed by atoms with Crippen molar-refractivity contribution in [1.82, 2.24) is 25.3 Å². The quantitative estimate of drug-likeness (QED) is 0.410. The Hall–Kier alpha value is -4.30. The molecule has 11 nitrogen and oxygen atoms in total. The van der Waals surface area contributed by atoms with Gasteiger partial charge in [-0.15, -0.1) is 5.10 Å². The van der Waals surface area contributed by atoms with Crippen LogP contribution in [0.25, 0.3) is 5.69 Å². The molecule has 0 radical (unpaired) electrons. The Labute approximate surface area is 221 Å². The third-order valence-electron chi connectivity index (χ3n) is 5.97. The Morgan fingerprint density at radius 3 is 2.47 bits per heavy atom. The largest absolute Gasteiger partial charge is 0.495 e. The molecule has 3 aromatic rings. The number of nitrogens with zero attached hydrogens (tertiary/aromatic N) is 5. The fourth-order valence-electron chi connectivity index (χ4n) is 3.51. The van der Waals surface area contributed by atoms with Crippen LogP contribution in [-0.4, -0.2) is 57.2 Å². The van der Waals surface area contributed by atoms with Crippen molar-refractivity contribution in [1.29, 1.82) is 5.26 Å². The molecule has 0 bridgehead atoms. The second kappa shape index (κ2) is 11.0. The lowest BCUT2D eigenvalue weighted by Crippen LogP contribution is -2.36. The first-order chi connectivity index (χ1) is 17.8. The number of aryl methyl sites for hydroxylation is 1. The van der Waals surface area contributed by atoms with Crippen molar-refractivity contribution in [2.75, 3.05) is 25.6 Å². The van der Waals surface area contributed by atoms with Crippen molar-refractivity contribution in [2.45, 2.75) is 47.0 Å². The number of methoxy groups -OCH3 is 1. The number of anilines is 1. The van der Waals surface area contributed by atoms with Gasteiger partial charge in [-0.2, -0.15) is 5.26 Å². The summed E-state index contributed by atoms with van der Waals surface area (Å²) in [4.78, 5) is 30.2. The Morgan fingerprint density at radius 1 is 1.16 bits per heavy atom. The fraction of sp³-hybridized carbons (Fsp3) is 0.407. The number of amides is 2. The van der Waals surface area contributed by atoms with Crippen LogP contribution in [0.1, 0.15) is 72.3 Å². The summed E-state index contributed by atoms with van der Waals surface area (Å²) in [7, 11) is 1.42. The number of nitriles is 1. The van der Waals surface area contributed by atoms with Crippen LogP contribution in [0.15, 0.2) is 30.6 Å². The van der Waals surface area contributed by atoms with E-state index in [9.17, 15) is 20.0 Å². The van der Waals surface area contributed by atoms with Crippen LogP contribution in [0.5, 0.6) is 5.75 Å². The van der Waals surface area contributed by atoms with Gasteiger partial charge < -0.3 is 20.5 Å². The molecule has 2 aromatic heterocycles. The van der Waals surface area contributed by atoms with Crippen LogP contribution in [0.3, 0.4) is 0 Å². The van der Waals surface area contributed by atoms with E-state index < -0.39 is 17.2 Å². The smallest absolute Gasteiger partial charge is 0.273 e. The van der Waals surface area contributed by atoms with E-state index in [1.54, 1.807) is 25.1 Å². The van der Waals surface area contributed by atoms with Gasteiger partial charge in [-0.3, -0.25) is 14.6 Å². The molecule has 0 aliphatic rings. The minimum Gasteiger partial charge on any atom is -0.495 e. The average Bonchev–Trinajstić information content (AvgIpc) is 3.37. The molecule has 0 saturated heterocycles. The molecule has 3 rings (SSSR count). The van der Waals surface area contributed by atoms with Gasteiger partial charge in [0.2, 0.25) is 0 Å². The lowest BCUT2D eigenvalue weighted by molar-refractivity contribution is 0.0905. The van der Waals surface area contributed by atoms with Crippen molar-refractivity contribution in [3.8, 4) is 17.5 Å². The zero-order valence-electron chi connectivity index (χ0n) is 22.7. The van der Waals surface area contributed by atoms with E-state index in [4.69, 9.17) is 4.74 Å². The van der Waals surface area contributed by atoms with E-state index in [2.05, 4.69) is 32.0 Å². The summed E-state index contributed by atoms with van der Waals surface area (Å²) in [6.45, 7) is 11.6. The summed E-state index contributed by atoms with van der Waals surface area (Å²) >= 11 is 0. The summed E-state index contributed by atoms with van der Waals surface area (Å²) in [5, 5.41) is 32.6. The van der Waals surface area contributed by atoms with E-state index in [0.717, 1.165) is 5.56 Å². The van der Waals surface area contributed by atoms with Crippen molar-refractivity contribution in [2.24, 2.45) is 5.41 Å². The van der Waals surface area contributed by atoms with E-state index >= 15 is 0 Å². The van der Waals surface area contributed by atoms with Gasteiger partial charge in [0.15, 0.2) is 5.69 Å². The highest BCUT2D eigenvalue weighted by Crippen LogP contribution is 2.32. The number of nitrogens with one attached hydrogen (secondary N) is 2. The van der Waals surface area contributed by atoms with Crippen molar-refractivity contribution in [3.63, 3.8) is 0 Å². The highest BCUT2D eigenvalue weighted by molar-refractivity contribution is 6.07. The zero-order valence-corrected chi connectivity index (χ0v) is 22.7. The maximum Gasteiger partial charge on any atom is 0.273 e. The average molecular weight is 520 g/mol. The number of rotatable bonds is 8. The first-order valence-corrected chi connectivity index (χ1v) is 12.0. The second-order valence-corrected chi connectivity index (χ2v) is 10.8.